The number of rotatable bonds is 5. The molecule has 1 saturated carbocycles. The van der Waals surface area contributed by atoms with Crippen LogP contribution in [0.2, 0.25) is 0 Å². The number of aryl methyl sites for hydroxylation is 1. The molecule has 1 aromatic heterocycles. The standard InChI is InChI=1S/C21H26N2O3/c1-14-4-3-5-15(10-14)11-17-13-23(9-8-19(17)25-2)21(24)18-12-20(26-22-18)16-6-7-16/h3-5,10,12,16-17,19H,6-9,11,13H2,1-2H3/t17-,19-/m1/s1. The SMILES string of the molecule is CO[C@@H]1CCN(C(=O)c2cc(C3CC3)on2)C[C@H]1Cc1cccc(C)c1. The Morgan fingerprint density at radius 3 is 2.88 bits per heavy atom. The van der Waals surface area contributed by atoms with Crippen LogP contribution in [0.4, 0.5) is 0 Å². The first-order valence-corrected chi connectivity index (χ1v) is 9.48. The van der Waals surface area contributed by atoms with E-state index in [1.165, 1.54) is 11.1 Å². The Labute approximate surface area is 154 Å². The Balaban J connectivity index is 1.46. The van der Waals surface area contributed by atoms with Gasteiger partial charge in [0.2, 0.25) is 0 Å². The second-order valence-electron chi connectivity index (χ2n) is 7.66. The summed E-state index contributed by atoms with van der Waals surface area (Å²) in [5.74, 6) is 1.59. The molecule has 26 heavy (non-hydrogen) atoms. The average Bonchev–Trinajstić information content (AvgIpc) is 3.38. The molecule has 4 rings (SSSR count). The van der Waals surface area contributed by atoms with Crippen molar-refractivity contribution in [1.82, 2.24) is 10.1 Å². The summed E-state index contributed by atoms with van der Waals surface area (Å²) in [6, 6.07) is 10.4. The zero-order chi connectivity index (χ0) is 18.1. The minimum absolute atomic E-state index is 0.0237. The van der Waals surface area contributed by atoms with E-state index in [0.29, 0.717) is 24.7 Å². The largest absolute Gasteiger partial charge is 0.381 e. The normalized spacial score (nSPS) is 23.2. The molecule has 0 spiro atoms. The smallest absolute Gasteiger partial charge is 0.276 e. The van der Waals surface area contributed by atoms with Crippen LogP contribution >= 0.6 is 0 Å². The molecule has 2 atom stereocenters. The molecular weight excluding hydrogens is 328 g/mol. The van der Waals surface area contributed by atoms with Crippen molar-refractivity contribution in [1.29, 1.82) is 0 Å². The second kappa shape index (κ2) is 7.23. The number of amides is 1. The van der Waals surface area contributed by atoms with E-state index in [1.54, 1.807) is 7.11 Å². The molecule has 5 heteroatoms. The molecule has 2 fully saturated rings. The van der Waals surface area contributed by atoms with E-state index in [0.717, 1.165) is 31.4 Å². The molecule has 2 aromatic rings. The van der Waals surface area contributed by atoms with E-state index >= 15 is 0 Å². The lowest BCUT2D eigenvalue weighted by Gasteiger charge is -2.37. The summed E-state index contributed by atoms with van der Waals surface area (Å²) in [5.41, 5.74) is 3.00. The third-order valence-corrected chi connectivity index (χ3v) is 5.56. The number of benzene rings is 1. The number of ether oxygens (including phenoxy) is 1. The molecule has 1 amide bonds. The fourth-order valence-electron chi connectivity index (χ4n) is 3.96. The predicted octanol–water partition coefficient (Wildman–Crippen LogP) is 3.58. The van der Waals surface area contributed by atoms with Gasteiger partial charge in [-0.25, -0.2) is 0 Å². The number of piperidine rings is 1. The van der Waals surface area contributed by atoms with Crippen LogP contribution in [-0.2, 0) is 11.2 Å². The highest BCUT2D eigenvalue weighted by Gasteiger charge is 2.34. The Morgan fingerprint density at radius 2 is 2.15 bits per heavy atom. The van der Waals surface area contributed by atoms with Gasteiger partial charge in [0.25, 0.3) is 5.91 Å². The highest BCUT2D eigenvalue weighted by Crippen LogP contribution is 2.40. The van der Waals surface area contributed by atoms with Crippen molar-refractivity contribution in [2.45, 2.75) is 44.6 Å². The maximum absolute atomic E-state index is 12.9. The van der Waals surface area contributed by atoms with Gasteiger partial charge in [-0.05, 0) is 38.2 Å². The van der Waals surface area contributed by atoms with Crippen LogP contribution < -0.4 is 0 Å². The molecule has 1 aliphatic heterocycles. The van der Waals surface area contributed by atoms with Gasteiger partial charge in [0.1, 0.15) is 5.76 Å². The topological polar surface area (TPSA) is 55.6 Å². The Hall–Kier alpha value is -2.14. The van der Waals surface area contributed by atoms with Crippen LogP contribution in [-0.4, -0.2) is 42.3 Å². The number of hydrogen-bond acceptors (Lipinski definition) is 4. The molecule has 0 radical (unpaired) electrons. The first-order valence-electron chi connectivity index (χ1n) is 9.48. The monoisotopic (exact) mass is 354 g/mol. The maximum atomic E-state index is 12.9. The van der Waals surface area contributed by atoms with Gasteiger partial charge >= 0.3 is 0 Å². The van der Waals surface area contributed by atoms with E-state index in [4.69, 9.17) is 9.26 Å². The predicted molar refractivity (Wildman–Crippen MR) is 98.2 cm³/mol. The molecule has 2 heterocycles. The van der Waals surface area contributed by atoms with E-state index in [2.05, 4.69) is 36.3 Å². The zero-order valence-corrected chi connectivity index (χ0v) is 15.5. The Bertz CT molecular complexity index is 781. The fourth-order valence-corrected chi connectivity index (χ4v) is 3.96. The Morgan fingerprint density at radius 1 is 1.31 bits per heavy atom. The van der Waals surface area contributed by atoms with Crippen LogP contribution in [0.15, 0.2) is 34.9 Å². The van der Waals surface area contributed by atoms with Crippen molar-refractivity contribution < 1.29 is 14.1 Å². The first-order chi connectivity index (χ1) is 12.6. The number of hydrogen-bond donors (Lipinski definition) is 0. The van der Waals surface area contributed by atoms with Gasteiger partial charge in [0.15, 0.2) is 5.69 Å². The first kappa shape index (κ1) is 17.3. The van der Waals surface area contributed by atoms with Crippen LogP contribution in [0.25, 0.3) is 0 Å². The van der Waals surface area contributed by atoms with E-state index in [1.807, 2.05) is 11.0 Å². The molecule has 2 aliphatic rings. The second-order valence-corrected chi connectivity index (χ2v) is 7.66. The summed E-state index contributed by atoms with van der Waals surface area (Å²) in [6.45, 7) is 3.50. The third-order valence-electron chi connectivity index (χ3n) is 5.56. The molecular formula is C21H26N2O3. The van der Waals surface area contributed by atoms with Crippen LogP contribution in [0.5, 0.6) is 0 Å². The van der Waals surface area contributed by atoms with Gasteiger partial charge in [-0.1, -0.05) is 35.0 Å². The molecule has 0 bridgehead atoms. The van der Waals surface area contributed by atoms with Crippen molar-refractivity contribution in [3.8, 4) is 0 Å². The summed E-state index contributed by atoms with van der Waals surface area (Å²) in [6.07, 6.45) is 4.22. The van der Waals surface area contributed by atoms with Crippen LogP contribution in [0, 0.1) is 12.8 Å². The lowest BCUT2D eigenvalue weighted by Crippen LogP contribution is -2.47. The minimum atomic E-state index is -0.0237. The molecule has 0 unspecified atom stereocenters. The molecule has 1 aliphatic carbocycles. The summed E-state index contributed by atoms with van der Waals surface area (Å²) >= 11 is 0. The van der Waals surface area contributed by atoms with Crippen LogP contribution in [0.1, 0.15) is 52.6 Å². The number of nitrogens with zero attached hydrogens (tertiary/aromatic N) is 2. The van der Waals surface area contributed by atoms with Gasteiger partial charge in [-0.3, -0.25) is 4.79 Å². The number of carbonyl (C=O) groups excluding carboxylic acids is 1. The van der Waals surface area contributed by atoms with Crippen molar-refractivity contribution in [2.75, 3.05) is 20.2 Å². The summed E-state index contributed by atoms with van der Waals surface area (Å²) in [4.78, 5) is 14.8. The summed E-state index contributed by atoms with van der Waals surface area (Å²) < 4.78 is 11.1. The van der Waals surface area contributed by atoms with Gasteiger partial charge in [0.05, 0.1) is 6.10 Å². The van der Waals surface area contributed by atoms with Crippen molar-refractivity contribution in [3.05, 3.63) is 52.9 Å². The fraction of sp³-hybridized carbons (Fsp3) is 0.524. The molecule has 0 N–H and O–H groups in total. The van der Waals surface area contributed by atoms with E-state index < -0.39 is 0 Å². The zero-order valence-electron chi connectivity index (χ0n) is 15.5. The summed E-state index contributed by atoms with van der Waals surface area (Å²) in [5, 5.41) is 4.01. The van der Waals surface area contributed by atoms with E-state index in [9.17, 15) is 4.79 Å². The molecule has 138 valence electrons. The number of carbonyl (C=O) groups is 1. The summed E-state index contributed by atoms with van der Waals surface area (Å²) in [7, 11) is 1.77. The average molecular weight is 354 g/mol. The van der Waals surface area contributed by atoms with Gasteiger partial charge < -0.3 is 14.2 Å². The van der Waals surface area contributed by atoms with Crippen molar-refractivity contribution in [2.24, 2.45) is 5.92 Å². The van der Waals surface area contributed by atoms with Crippen molar-refractivity contribution in [3.63, 3.8) is 0 Å². The minimum Gasteiger partial charge on any atom is -0.381 e. The number of likely N-dealkylation sites (tertiary alicyclic amines) is 1. The quantitative estimate of drug-likeness (QED) is 0.823. The van der Waals surface area contributed by atoms with Gasteiger partial charge in [-0.15, -0.1) is 0 Å². The highest BCUT2D eigenvalue weighted by molar-refractivity contribution is 5.92. The van der Waals surface area contributed by atoms with Gasteiger partial charge in [0, 0.05) is 38.1 Å². The number of aromatic nitrogens is 1. The van der Waals surface area contributed by atoms with Gasteiger partial charge in [-0.2, -0.15) is 0 Å². The van der Waals surface area contributed by atoms with E-state index in [-0.39, 0.29) is 17.9 Å². The molecule has 5 nitrogen and oxygen atoms in total. The third kappa shape index (κ3) is 3.68. The number of methoxy groups -OCH3 is 1. The van der Waals surface area contributed by atoms with Crippen molar-refractivity contribution >= 4 is 5.91 Å². The lowest BCUT2D eigenvalue weighted by molar-refractivity contribution is -0.00328. The maximum Gasteiger partial charge on any atom is 0.276 e. The highest BCUT2D eigenvalue weighted by atomic mass is 16.5. The molecule has 1 saturated heterocycles. The Kier molecular flexibility index (Phi) is 4.81. The molecule has 1 aromatic carbocycles. The van der Waals surface area contributed by atoms with Crippen LogP contribution in [0.3, 0.4) is 0 Å². The lowest BCUT2D eigenvalue weighted by atomic mass is 9.88.